The monoisotopic (exact) mass is 280 g/mol. The van der Waals surface area contributed by atoms with Gasteiger partial charge in [-0.05, 0) is 44.7 Å². The Kier molecular flexibility index (Phi) is 4.09. The number of benzene rings is 1. The lowest BCUT2D eigenvalue weighted by atomic mass is 9.97. The quantitative estimate of drug-likeness (QED) is 0.871. The Hall–Kier alpha value is -1.88. The maximum absolute atomic E-state index is 13.9. The third kappa shape index (κ3) is 2.67. The van der Waals surface area contributed by atoms with E-state index >= 15 is 0 Å². The highest BCUT2D eigenvalue weighted by Gasteiger charge is 2.21. The van der Waals surface area contributed by atoms with Crippen molar-refractivity contribution in [2.24, 2.45) is 0 Å². The summed E-state index contributed by atoms with van der Waals surface area (Å²) in [5.41, 5.74) is 2.38. The van der Waals surface area contributed by atoms with Crippen molar-refractivity contribution < 1.29 is 13.2 Å². The van der Waals surface area contributed by atoms with E-state index in [9.17, 15) is 13.2 Å². The summed E-state index contributed by atoms with van der Waals surface area (Å²) in [5, 5.41) is 2.92. The number of aryl methyl sites for hydroxylation is 2. The van der Waals surface area contributed by atoms with Crippen LogP contribution in [0, 0.1) is 31.3 Å². The van der Waals surface area contributed by atoms with Crippen LogP contribution in [0.4, 0.5) is 13.2 Å². The van der Waals surface area contributed by atoms with Crippen LogP contribution in [0.3, 0.4) is 0 Å². The molecule has 1 unspecified atom stereocenters. The molecule has 0 amide bonds. The number of halogens is 3. The lowest BCUT2D eigenvalue weighted by Gasteiger charge is -2.19. The van der Waals surface area contributed by atoms with E-state index in [1.54, 1.807) is 19.2 Å². The highest BCUT2D eigenvalue weighted by Crippen LogP contribution is 2.27. The number of hydrogen-bond acceptors (Lipinski definition) is 2. The Morgan fingerprint density at radius 1 is 1.00 bits per heavy atom. The number of pyridine rings is 1. The van der Waals surface area contributed by atoms with Gasteiger partial charge in [-0.3, -0.25) is 4.98 Å². The Morgan fingerprint density at radius 3 is 2.15 bits per heavy atom. The Labute approximate surface area is 115 Å². The first-order valence-electron chi connectivity index (χ1n) is 6.20. The van der Waals surface area contributed by atoms with Crippen molar-refractivity contribution in [3.8, 4) is 0 Å². The zero-order valence-electron chi connectivity index (χ0n) is 11.5. The molecule has 0 aliphatic rings. The first-order valence-corrected chi connectivity index (χ1v) is 6.20. The van der Waals surface area contributed by atoms with E-state index in [1.165, 1.54) is 6.07 Å². The Morgan fingerprint density at radius 2 is 1.60 bits per heavy atom. The van der Waals surface area contributed by atoms with Crippen LogP contribution < -0.4 is 5.32 Å². The largest absolute Gasteiger partial charge is 0.309 e. The molecule has 0 saturated heterocycles. The molecule has 0 fully saturated rings. The smallest absolute Gasteiger partial charge is 0.194 e. The van der Waals surface area contributed by atoms with Gasteiger partial charge in [-0.1, -0.05) is 6.07 Å². The standard InChI is InChI=1S/C15H15F3N2/c1-8-6-10(7-9(2)20-8)15(19-3)11-4-5-12(16)14(18)13(11)17/h4-7,15,19H,1-3H3. The van der Waals surface area contributed by atoms with Gasteiger partial charge in [-0.25, -0.2) is 13.2 Å². The fraction of sp³-hybridized carbons (Fsp3) is 0.267. The van der Waals surface area contributed by atoms with E-state index in [4.69, 9.17) is 0 Å². The second kappa shape index (κ2) is 5.63. The molecule has 0 spiro atoms. The average Bonchev–Trinajstić information content (AvgIpc) is 2.38. The number of nitrogens with one attached hydrogen (secondary N) is 1. The molecule has 5 heteroatoms. The maximum Gasteiger partial charge on any atom is 0.194 e. The van der Waals surface area contributed by atoms with E-state index in [-0.39, 0.29) is 5.56 Å². The summed E-state index contributed by atoms with van der Waals surface area (Å²) in [7, 11) is 1.64. The predicted octanol–water partition coefficient (Wildman–Crippen LogP) is 3.42. The molecule has 106 valence electrons. The molecule has 0 aliphatic carbocycles. The second-order valence-electron chi connectivity index (χ2n) is 4.67. The van der Waals surface area contributed by atoms with E-state index in [0.29, 0.717) is 0 Å². The Balaban J connectivity index is 2.55. The summed E-state index contributed by atoms with van der Waals surface area (Å²) in [6.45, 7) is 3.65. The molecule has 1 aromatic heterocycles. The van der Waals surface area contributed by atoms with Gasteiger partial charge in [0.25, 0.3) is 0 Å². The lowest BCUT2D eigenvalue weighted by Crippen LogP contribution is -2.20. The lowest BCUT2D eigenvalue weighted by molar-refractivity contribution is 0.435. The molecule has 0 radical (unpaired) electrons. The summed E-state index contributed by atoms with van der Waals surface area (Å²) in [6.07, 6.45) is 0. The van der Waals surface area contributed by atoms with Crippen LogP contribution in [0.2, 0.25) is 0 Å². The summed E-state index contributed by atoms with van der Waals surface area (Å²) in [5.74, 6) is -3.81. The topological polar surface area (TPSA) is 24.9 Å². The van der Waals surface area contributed by atoms with Crippen LogP contribution in [0.25, 0.3) is 0 Å². The molecular weight excluding hydrogens is 265 g/mol. The van der Waals surface area contributed by atoms with Gasteiger partial charge in [0.15, 0.2) is 17.5 Å². The number of hydrogen-bond donors (Lipinski definition) is 1. The first kappa shape index (κ1) is 14.5. The number of rotatable bonds is 3. The number of aromatic nitrogens is 1. The molecule has 2 nitrogen and oxygen atoms in total. The minimum Gasteiger partial charge on any atom is -0.309 e. The zero-order valence-corrected chi connectivity index (χ0v) is 11.5. The minimum atomic E-state index is -1.45. The van der Waals surface area contributed by atoms with Gasteiger partial charge in [0.2, 0.25) is 0 Å². The SMILES string of the molecule is CNC(c1cc(C)nc(C)c1)c1ccc(F)c(F)c1F. The van der Waals surface area contributed by atoms with Crippen LogP contribution in [-0.2, 0) is 0 Å². The van der Waals surface area contributed by atoms with Gasteiger partial charge in [-0.2, -0.15) is 0 Å². The van der Waals surface area contributed by atoms with E-state index in [0.717, 1.165) is 23.0 Å². The summed E-state index contributed by atoms with van der Waals surface area (Å²) in [6, 6.07) is 5.19. The van der Waals surface area contributed by atoms with Gasteiger partial charge in [0, 0.05) is 17.0 Å². The molecule has 0 saturated carbocycles. The molecule has 1 aromatic carbocycles. The Bertz CT molecular complexity index is 621. The molecular formula is C15H15F3N2. The summed E-state index contributed by atoms with van der Waals surface area (Å²) >= 11 is 0. The minimum absolute atomic E-state index is 0.0661. The van der Waals surface area contributed by atoms with Crippen molar-refractivity contribution in [2.45, 2.75) is 19.9 Å². The molecule has 0 aliphatic heterocycles. The fourth-order valence-corrected chi connectivity index (χ4v) is 2.30. The van der Waals surface area contributed by atoms with Crippen LogP contribution in [0.1, 0.15) is 28.6 Å². The molecule has 1 heterocycles. The van der Waals surface area contributed by atoms with Crippen LogP contribution in [0.5, 0.6) is 0 Å². The van der Waals surface area contributed by atoms with Gasteiger partial charge < -0.3 is 5.32 Å². The van der Waals surface area contributed by atoms with Crippen molar-refractivity contribution in [2.75, 3.05) is 7.05 Å². The third-order valence-corrected chi connectivity index (χ3v) is 3.10. The van der Waals surface area contributed by atoms with Crippen molar-refractivity contribution in [1.82, 2.24) is 10.3 Å². The van der Waals surface area contributed by atoms with E-state index < -0.39 is 23.5 Å². The highest BCUT2D eigenvalue weighted by atomic mass is 19.2. The van der Waals surface area contributed by atoms with Crippen molar-refractivity contribution in [1.29, 1.82) is 0 Å². The van der Waals surface area contributed by atoms with Crippen molar-refractivity contribution >= 4 is 0 Å². The van der Waals surface area contributed by atoms with Gasteiger partial charge in [0.05, 0.1) is 6.04 Å². The summed E-state index contributed by atoms with van der Waals surface area (Å²) < 4.78 is 40.3. The van der Waals surface area contributed by atoms with E-state index in [2.05, 4.69) is 10.3 Å². The zero-order chi connectivity index (χ0) is 14.9. The van der Waals surface area contributed by atoms with Crippen LogP contribution >= 0.6 is 0 Å². The molecule has 2 rings (SSSR count). The molecule has 0 bridgehead atoms. The highest BCUT2D eigenvalue weighted by molar-refractivity contribution is 5.35. The normalized spacial score (nSPS) is 12.5. The van der Waals surface area contributed by atoms with Crippen molar-refractivity contribution in [3.05, 3.63) is 64.2 Å². The third-order valence-electron chi connectivity index (χ3n) is 3.10. The van der Waals surface area contributed by atoms with Gasteiger partial charge in [0.1, 0.15) is 0 Å². The van der Waals surface area contributed by atoms with Crippen molar-refractivity contribution in [3.63, 3.8) is 0 Å². The van der Waals surface area contributed by atoms with Gasteiger partial charge in [-0.15, -0.1) is 0 Å². The molecule has 20 heavy (non-hydrogen) atoms. The summed E-state index contributed by atoms with van der Waals surface area (Å²) in [4.78, 5) is 4.24. The van der Waals surface area contributed by atoms with Crippen LogP contribution in [0.15, 0.2) is 24.3 Å². The average molecular weight is 280 g/mol. The molecule has 1 atom stereocenters. The predicted molar refractivity (Wildman–Crippen MR) is 70.9 cm³/mol. The first-order chi connectivity index (χ1) is 9.43. The second-order valence-corrected chi connectivity index (χ2v) is 4.67. The number of nitrogens with zero attached hydrogens (tertiary/aromatic N) is 1. The molecule has 1 N–H and O–H groups in total. The van der Waals surface area contributed by atoms with Gasteiger partial charge >= 0.3 is 0 Å². The fourth-order valence-electron chi connectivity index (χ4n) is 2.30. The molecule has 2 aromatic rings. The van der Waals surface area contributed by atoms with E-state index in [1.807, 2.05) is 13.8 Å². The maximum atomic E-state index is 13.9. The van der Waals surface area contributed by atoms with Crippen LogP contribution in [-0.4, -0.2) is 12.0 Å².